The normalized spacial score (nSPS) is 30.6. The van der Waals surface area contributed by atoms with Crippen LogP contribution in [-0.4, -0.2) is 25.4 Å². The van der Waals surface area contributed by atoms with Crippen LogP contribution in [0.3, 0.4) is 0 Å². The zero-order valence-corrected chi connectivity index (χ0v) is 6.85. The molecule has 1 saturated heterocycles. The maximum Gasteiger partial charge on any atom is 0.112 e. The standard InChI is InChI=1S/C8H16O2/c1-3-4-5-9-6-8(2)7-10-8/h3-7H2,1-2H3. The zero-order chi connectivity index (χ0) is 7.45. The maximum atomic E-state index is 5.38. The van der Waals surface area contributed by atoms with Crippen LogP contribution in [0.25, 0.3) is 0 Å². The summed E-state index contributed by atoms with van der Waals surface area (Å²) in [4.78, 5) is 0. The third-order valence-electron chi connectivity index (χ3n) is 1.69. The van der Waals surface area contributed by atoms with E-state index in [-0.39, 0.29) is 5.60 Å². The van der Waals surface area contributed by atoms with Crippen molar-refractivity contribution in [2.75, 3.05) is 19.8 Å². The lowest BCUT2D eigenvalue weighted by Crippen LogP contribution is -2.14. The first-order valence-electron chi connectivity index (χ1n) is 3.98. The Hall–Kier alpha value is -0.0800. The first kappa shape index (κ1) is 8.02. The Morgan fingerprint density at radius 3 is 2.80 bits per heavy atom. The Morgan fingerprint density at radius 2 is 2.30 bits per heavy atom. The van der Waals surface area contributed by atoms with Gasteiger partial charge in [0.1, 0.15) is 5.60 Å². The fraction of sp³-hybridized carbons (Fsp3) is 1.00. The quantitative estimate of drug-likeness (QED) is 0.432. The molecule has 0 N–H and O–H groups in total. The average molecular weight is 144 g/mol. The summed E-state index contributed by atoms with van der Waals surface area (Å²) < 4.78 is 10.5. The molecule has 0 radical (unpaired) electrons. The van der Waals surface area contributed by atoms with Crippen LogP contribution in [-0.2, 0) is 9.47 Å². The predicted molar refractivity (Wildman–Crippen MR) is 40.1 cm³/mol. The first-order valence-corrected chi connectivity index (χ1v) is 3.98. The van der Waals surface area contributed by atoms with E-state index in [0.717, 1.165) is 26.2 Å². The molecule has 2 nitrogen and oxygen atoms in total. The van der Waals surface area contributed by atoms with E-state index >= 15 is 0 Å². The van der Waals surface area contributed by atoms with Crippen LogP contribution < -0.4 is 0 Å². The Labute approximate surface area is 62.5 Å². The van der Waals surface area contributed by atoms with Gasteiger partial charge < -0.3 is 9.47 Å². The van der Waals surface area contributed by atoms with Gasteiger partial charge in [0.15, 0.2) is 0 Å². The third-order valence-corrected chi connectivity index (χ3v) is 1.69. The van der Waals surface area contributed by atoms with Gasteiger partial charge in [-0.3, -0.25) is 0 Å². The molecule has 0 aromatic carbocycles. The number of epoxide rings is 1. The highest BCUT2D eigenvalue weighted by Gasteiger charge is 2.39. The van der Waals surface area contributed by atoms with Gasteiger partial charge in [-0.2, -0.15) is 0 Å². The van der Waals surface area contributed by atoms with Crippen LogP contribution in [0.4, 0.5) is 0 Å². The molecule has 0 saturated carbocycles. The van der Waals surface area contributed by atoms with Crippen molar-refractivity contribution < 1.29 is 9.47 Å². The van der Waals surface area contributed by atoms with E-state index in [2.05, 4.69) is 13.8 Å². The number of hydrogen-bond donors (Lipinski definition) is 0. The van der Waals surface area contributed by atoms with E-state index in [1.165, 1.54) is 6.42 Å². The lowest BCUT2D eigenvalue weighted by atomic mass is 10.2. The van der Waals surface area contributed by atoms with E-state index in [1.807, 2.05) is 0 Å². The Morgan fingerprint density at radius 1 is 1.60 bits per heavy atom. The largest absolute Gasteiger partial charge is 0.378 e. The summed E-state index contributed by atoms with van der Waals surface area (Å²) in [6.45, 7) is 6.78. The summed E-state index contributed by atoms with van der Waals surface area (Å²) >= 11 is 0. The SMILES string of the molecule is CCCCOCC1(C)CO1. The van der Waals surface area contributed by atoms with E-state index in [1.54, 1.807) is 0 Å². The van der Waals surface area contributed by atoms with Crippen LogP contribution in [0.15, 0.2) is 0 Å². The van der Waals surface area contributed by atoms with Gasteiger partial charge in [-0.15, -0.1) is 0 Å². The van der Waals surface area contributed by atoms with Crippen molar-refractivity contribution in [2.24, 2.45) is 0 Å². The monoisotopic (exact) mass is 144 g/mol. The average Bonchev–Trinajstić information content (AvgIpc) is 2.62. The highest BCUT2D eigenvalue weighted by Crippen LogP contribution is 2.25. The van der Waals surface area contributed by atoms with Crippen molar-refractivity contribution in [3.8, 4) is 0 Å². The molecule has 1 aliphatic rings. The van der Waals surface area contributed by atoms with Gasteiger partial charge in [-0.1, -0.05) is 13.3 Å². The molecule has 1 rings (SSSR count). The second kappa shape index (κ2) is 3.35. The van der Waals surface area contributed by atoms with Crippen molar-refractivity contribution in [3.63, 3.8) is 0 Å². The maximum absolute atomic E-state index is 5.38. The smallest absolute Gasteiger partial charge is 0.112 e. The second-order valence-electron chi connectivity index (χ2n) is 3.14. The van der Waals surface area contributed by atoms with Crippen LogP contribution in [0.5, 0.6) is 0 Å². The zero-order valence-electron chi connectivity index (χ0n) is 6.85. The summed E-state index contributed by atoms with van der Waals surface area (Å²) in [7, 11) is 0. The summed E-state index contributed by atoms with van der Waals surface area (Å²) in [5.74, 6) is 0. The molecule has 10 heavy (non-hydrogen) atoms. The first-order chi connectivity index (χ1) is 4.77. The molecule has 0 bridgehead atoms. The molecule has 0 amide bonds. The van der Waals surface area contributed by atoms with Crippen LogP contribution >= 0.6 is 0 Å². The fourth-order valence-electron chi connectivity index (χ4n) is 0.741. The van der Waals surface area contributed by atoms with E-state index < -0.39 is 0 Å². The molecule has 1 fully saturated rings. The Bertz CT molecular complexity index is 97.4. The van der Waals surface area contributed by atoms with Gasteiger partial charge in [0.2, 0.25) is 0 Å². The van der Waals surface area contributed by atoms with Crippen molar-refractivity contribution in [3.05, 3.63) is 0 Å². The summed E-state index contributed by atoms with van der Waals surface area (Å²) in [5, 5.41) is 0. The molecular weight excluding hydrogens is 128 g/mol. The number of ether oxygens (including phenoxy) is 2. The molecule has 60 valence electrons. The second-order valence-corrected chi connectivity index (χ2v) is 3.14. The molecule has 2 heteroatoms. The lowest BCUT2D eigenvalue weighted by Gasteiger charge is -2.04. The Kier molecular flexibility index (Phi) is 2.69. The molecular formula is C8H16O2. The van der Waals surface area contributed by atoms with Gasteiger partial charge in [0.05, 0.1) is 13.2 Å². The van der Waals surface area contributed by atoms with E-state index in [4.69, 9.17) is 9.47 Å². The molecule has 1 atom stereocenters. The molecule has 1 heterocycles. The van der Waals surface area contributed by atoms with Crippen molar-refractivity contribution >= 4 is 0 Å². The minimum absolute atomic E-state index is 0.0771. The predicted octanol–water partition coefficient (Wildman–Crippen LogP) is 1.59. The van der Waals surface area contributed by atoms with Crippen molar-refractivity contribution in [1.29, 1.82) is 0 Å². The third kappa shape index (κ3) is 2.67. The van der Waals surface area contributed by atoms with Crippen molar-refractivity contribution in [1.82, 2.24) is 0 Å². The number of unbranched alkanes of at least 4 members (excludes halogenated alkanes) is 1. The van der Waals surface area contributed by atoms with Gasteiger partial charge in [0.25, 0.3) is 0 Å². The number of rotatable bonds is 5. The van der Waals surface area contributed by atoms with Crippen molar-refractivity contribution in [2.45, 2.75) is 32.3 Å². The minimum Gasteiger partial charge on any atom is -0.378 e. The molecule has 0 aliphatic carbocycles. The minimum atomic E-state index is 0.0771. The van der Waals surface area contributed by atoms with Gasteiger partial charge in [-0.25, -0.2) is 0 Å². The van der Waals surface area contributed by atoms with Gasteiger partial charge in [0, 0.05) is 6.61 Å². The van der Waals surface area contributed by atoms with Gasteiger partial charge in [-0.05, 0) is 13.3 Å². The molecule has 0 aromatic heterocycles. The lowest BCUT2D eigenvalue weighted by molar-refractivity contribution is 0.0834. The van der Waals surface area contributed by atoms with E-state index in [0.29, 0.717) is 0 Å². The molecule has 1 aliphatic heterocycles. The molecule has 0 spiro atoms. The van der Waals surface area contributed by atoms with Crippen LogP contribution in [0.2, 0.25) is 0 Å². The van der Waals surface area contributed by atoms with Gasteiger partial charge >= 0.3 is 0 Å². The van der Waals surface area contributed by atoms with Crippen LogP contribution in [0.1, 0.15) is 26.7 Å². The summed E-state index contributed by atoms with van der Waals surface area (Å²) in [5.41, 5.74) is 0.0771. The highest BCUT2D eigenvalue weighted by atomic mass is 16.6. The van der Waals surface area contributed by atoms with E-state index in [9.17, 15) is 0 Å². The summed E-state index contributed by atoms with van der Waals surface area (Å²) in [6.07, 6.45) is 2.37. The number of hydrogen-bond acceptors (Lipinski definition) is 2. The molecule has 1 unspecified atom stereocenters. The fourth-order valence-corrected chi connectivity index (χ4v) is 0.741. The van der Waals surface area contributed by atoms with Crippen LogP contribution in [0, 0.1) is 0 Å². The molecule has 0 aromatic rings. The topological polar surface area (TPSA) is 21.8 Å². The Balaban J connectivity index is 1.86. The summed E-state index contributed by atoms with van der Waals surface area (Å²) in [6, 6.07) is 0. The highest BCUT2D eigenvalue weighted by molar-refractivity contribution is 4.86.